The van der Waals surface area contributed by atoms with E-state index in [1.54, 1.807) is 0 Å². The lowest BCUT2D eigenvalue weighted by Crippen LogP contribution is -2.40. The molecule has 2 spiro atoms. The Labute approximate surface area is 420 Å². The summed E-state index contributed by atoms with van der Waals surface area (Å²) in [7, 11) is 0. The number of ether oxygens (including phenoxy) is 2. The molecule has 6 aromatic carbocycles. The molecule has 4 amide bonds. The van der Waals surface area contributed by atoms with Gasteiger partial charge in [-0.1, -0.05) is 128 Å². The van der Waals surface area contributed by atoms with Gasteiger partial charge in [0, 0.05) is 64.6 Å². The van der Waals surface area contributed by atoms with Crippen LogP contribution >= 0.6 is 23.2 Å². The number of nitrogens with zero attached hydrogens (tertiary/aromatic N) is 4. The van der Waals surface area contributed by atoms with Gasteiger partial charge in [0.15, 0.2) is 0 Å². The molecule has 12 rings (SSSR count). The van der Waals surface area contributed by atoms with Gasteiger partial charge in [0.2, 0.25) is 11.8 Å². The van der Waals surface area contributed by atoms with Crippen LogP contribution in [0.2, 0.25) is 10.0 Å². The fourth-order valence-corrected chi connectivity index (χ4v) is 10.5. The highest BCUT2D eigenvalue weighted by atomic mass is 35.5. The average molecular weight is 978 g/mol. The van der Waals surface area contributed by atoms with E-state index < -0.39 is 5.41 Å². The number of hydrogen-bond acceptors (Lipinski definition) is 6. The van der Waals surface area contributed by atoms with Gasteiger partial charge >= 0.3 is 0 Å². The number of para-hydroxylation sites is 2. The van der Waals surface area contributed by atoms with E-state index in [-0.39, 0.29) is 35.0 Å². The van der Waals surface area contributed by atoms with E-state index >= 15 is 0 Å². The van der Waals surface area contributed by atoms with Gasteiger partial charge < -0.3 is 29.1 Å². The van der Waals surface area contributed by atoms with Gasteiger partial charge in [0.1, 0.15) is 0 Å². The Bertz CT molecular complexity index is 2840. The van der Waals surface area contributed by atoms with Crippen LogP contribution in [0.3, 0.4) is 0 Å². The summed E-state index contributed by atoms with van der Waals surface area (Å²) in [6.45, 7) is 9.73. The van der Waals surface area contributed by atoms with Gasteiger partial charge in [-0.05, 0) is 108 Å². The fraction of sp³-hybridized carbons (Fsp3) is 0.310. The molecule has 6 aromatic rings. The van der Waals surface area contributed by atoms with Crippen LogP contribution in [-0.2, 0) is 43.0 Å². The van der Waals surface area contributed by atoms with E-state index in [4.69, 9.17) is 32.7 Å². The Kier molecular flexibility index (Phi) is 14.9. The highest BCUT2D eigenvalue weighted by Crippen LogP contribution is 2.66. The first-order valence-corrected chi connectivity index (χ1v) is 25.1. The highest BCUT2D eigenvalue weighted by Gasteiger charge is 2.67. The van der Waals surface area contributed by atoms with Gasteiger partial charge in [-0.15, -0.1) is 0 Å². The molecule has 0 aromatic heterocycles. The Morgan fingerprint density at radius 2 is 1.00 bits per heavy atom. The zero-order valence-corrected chi connectivity index (χ0v) is 41.2. The number of carbonyl (C=O) groups is 4. The molecule has 2 saturated heterocycles. The molecule has 2 atom stereocenters. The van der Waals surface area contributed by atoms with Crippen molar-refractivity contribution in [3.8, 4) is 0 Å². The second-order valence-corrected chi connectivity index (χ2v) is 19.1. The zero-order valence-electron chi connectivity index (χ0n) is 39.7. The summed E-state index contributed by atoms with van der Waals surface area (Å²) in [6, 6.07) is 48.8. The summed E-state index contributed by atoms with van der Waals surface area (Å²) < 4.78 is 10.7. The fourth-order valence-electron chi connectivity index (χ4n) is 10.2. The van der Waals surface area contributed by atoms with Gasteiger partial charge in [-0.25, -0.2) is 0 Å². The predicted octanol–water partition coefficient (Wildman–Crippen LogP) is 10.9. The molecule has 70 heavy (non-hydrogen) atoms. The zero-order chi connectivity index (χ0) is 48.8. The van der Waals surface area contributed by atoms with Gasteiger partial charge in [-0.3, -0.25) is 19.2 Å². The van der Waals surface area contributed by atoms with Crippen LogP contribution < -0.4 is 9.80 Å². The van der Waals surface area contributed by atoms with E-state index in [0.29, 0.717) is 81.8 Å². The average Bonchev–Trinajstić information content (AvgIpc) is 4.35. The molecule has 6 aliphatic rings. The quantitative estimate of drug-likeness (QED) is 0.158. The molecule has 2 aliphatic carbocycles. The summed E-state index contributed by atoms with van der Waals surface area (Å²) in [5, 5.41) is 1.49. The van der Waals surface area contributed by atoms with Crippen molar-refractivity contribution in [2.75, 3.05) is 62.4 Å². The molecule has 12 heteroatoms. The molecule has 4 aliphatic heterocycles. The maximum absolute atomic E-state index is 13.9. The van der Waals surface area contributed by atoms with Crippen LogP contribution in [0.5, 0.6) is 0 Å². The van der Waals surface area contributed by atoms with Crippen LogP contribution in [0.15, 0.2) is 152 Å². The molecule has 4 fully saturated rings. The molecule has 360 valence electrons. The summed E-state index contributed by atoms with van der Waals surface area (Å²) in [5.41, 5.74) is 7.86. The first kappa shape index (κ1) is 48.7. The Morgan fingerprint density at radius 1 is 0.543 bits per heavy atom. The predicted molar refractivity (Wildman–Crippen MR) is 276 cm³/mol. The lowest BCUT2D eigenvalue weighted by atomic mass is 9.92. The molecule has 0 bridgehead atoms. The summed E-state index contributed by atoms with van der Waals surface area (Å²) >= 11 is 11.6. The van der Waals surface area contributed by atoms with Crippen LogP contribution in [-0.4, -0.2) is 86.0 Å². The van der Waals surface area contributed by atoms with E-state index in [2.05, 4.69) is 12.1 Å². The number of carbonyl (C=O) groups excluding carboxylic acids is 4. The number of morpholine rings is 2. The Balaban J connectivity index is 0.000000151. The highest BCUT2D eigenvalue weighted by molar-refractivity contribution is 6.30. The van der Waals surface area contributed by atoms with Crippen molar-refractivity contribution in [2.45, 2.75) is 62.9 Å². The maximum Gasteiger partial charge on any atom is 0.254 e. The topological polar surface area (TPSA) is 99.7 Å². The number of rotatable bonds is 7. The monoisotopic (exact) mass is 976 g/mol. The first-order valence-electron chi connectivity index (χ1n) is 24.4. The molecule has 4 heterocycles. The summed E-state index contributed by atoms with van der Waals surface area (Å²) in [5.74, 6) is 0.538. The standard InChI is InChI=1S/C28H25ClN2O3.C22H22N2O3.C6H5Cl.C2H6/c29-22-10-8-20(9-11-22)24-17-28(24)23-6-1-2-7-25(23)31(27(28)33)18-19-4-3-5-21(16-19)26(32)30-12-14-34-15-13-30;25-20(23-10-12-27-13-11-23)17-5-3-4-16(14-17)15-24-19-7-2-1-6-18(19)22(8-9-22)21(24)26;7-6-4-2-1-3-5-6;1-2/h1-11,16,24H,12-15,17-18H2;1-7,14H,8-13,15H2;1-5H;1-2H3/t24?,28-;;;/m1.../s1. The van der Waals surface area contributed by atoms with Crippen LogP contribution in [0, 0.1) is 0 Å². The van der Waals surface area contributed by atoms with Crippen LogP contribution in [0.25, 0.3) is 0 Å². The summed E-state index contributed by atoms with van der Waals surface area (Å²) in [6.07, 6.45) is 2.68. The molecule has 0 N–H and O–H groups in total. The molecule has 10 nitrogen and oxygen atoms in total. The van der Waals surface area contributed by atoms with Crippen molar-refractivity contribution in [2.24, 2.45) is 0 Å². The van der Waals surface area contributed by atoms with Crippen molar-refractivity contribution in [1.29, 1.82) is 0 Å². The second-order valence-electron chi connectivity index (χ2n) is 18.2. The third-order valence-electron chi connectivity index (χ3n) is 14.0. The number of anilines is 2. The van der Waals surface area contributed by atoms with Gasteiger partial charge in [0.05, 0.1) is 50.3 Å². The normalized spacial score (nSPS) is 20.0. The van der Waals surface area contributed by atoms with Gasteiger partial charge in [0.25, 0.3) is 11.8 Å². The third-order valence-corrected chi connectivity index (χ3v) is 14.5. The van der Waals surface area contributed by atoms with Crippen molar-refractivity contribution >= 4 is 58.2 Å². The van der Waals surface area contributed by atoms with E-state index in [1.165, 1.54) is 0 Å². The van der Waals surface area contributed by atoms with Crippen molar-refractivity contribution in [1.82, 2.24) is 9.80 Å². The number of benzene rings is 6. The summed E-state index contributed by atoms with van der Waals surface area (Å²) in [4.78, 5) is 60.1. The minimum absolute atomic E-state index is 0.0137. The minimum Gasteiger partial charge on any atom is -0.378 e. The number of amides is 4. The van der Waals surface area contributed by atoms with Crippen molar-refractivity contribution in [3.05, 3.63) is 201 Å². The van der Waals surface area contributed by atoms with Crippen molar-refractivity contribution < 1.29 is 28.7 Å². The first-order chi connectivity index (χ1) is 34.2. The molecule has 0 radical (unpaired) electrons. The lowest BCUT2D eigenvalue weighted by Gasteiger charge is -2.27. The minimum atomic E-state index is -0.508. The van der Waals surface area contributed by atoms with E-state index in [1.807, 2.05) is 173 Å². The second kappa shape index (κ2) is 21.4. The molecular weight excluding hydrogens is 920 g/mol. The molecule has 1 unspecified atom stereocenters. The number of hydrogen-bond donors (Lipinski definition) is 0. The molecular formula is C58H58Cl2N4O6. The number of halogens is 2. The SMILES string of the molecule is CC.Clc1ccccc1.O=C(c1cccc(CN2C(=O)C3(CC3)c3ccccc32)c1)N1CCOCC1.O=C(c1cccc(CN2C(=O)[C@]3(CC3c3ccc(Cl)cc3)c3ccccc32)c1)N1CCOCC1. The van der Waals surface area contributed by atoms with Gasteiger partial charge in [-0.2, -0.15) is 0 Å². The van der Waals surface area contributed by atoms with E-state index in [0.717, 1.165) is 63.5 Å². The van der Waals surface area contributed by atoms with Crippen molar-refractivity contribution in [3.63, 3.8) is 0 Å². The number of fused-ring (bicyclic) bond motifs is 4. The Morgan fingerprint density at radius 3 is 1.50 bits per heavy atom. The van der Waals surface area contributed by atoms with Crippen LogP contribution in [0.1, 0.15) is 87.6 Å². The smallest absolute Gasteiger partial charge is 0.254 e. The lowest BCUT2D eigenvalue weighted by molar-refractivity contribution is -0.121. The Hall–Kier alpha value is -6.30. The molecule has 2 saturated carbocycles. The largest absolute Gasteiger partial charge is 0.378 e. The maximum atomic E-state index is 13.9. The van der Waals surface area contributed by atoms with E-state index in [9.17, 15) is 19.2 Å². The van der Waals surface area contributed by atoms with Crippen LogP contribution in [0.4, 0.5) is 11.4 Å². The third kappa shape index (κ3) is 9.88.